The van der Waals surface area contributed by atoms with E-state index in [1.165, 1.54) is 6.42 Å². The van der Waals surface area contributed by atoms with Crippen molar-refractivity contribution in [1.82, 2.24) is 4.98 Å². The molecule has 2 atom stereocenters. The van der Waals surface area contributed by atoms with Gasteiger partial charge in [-0.25, -0.2) is 4.98 Å². The van der Waals surface area contributed by atoms with Crippen LogP contribution in [0.15, 0.2) is 18.3 Å². The van der Waals surface area contributed by atoms with Crippen LogP contribution in [0.2, 0.25) is 0 Å². The first kappa shape index (κ1) is 13.0. The normalized spacial score (nSPS) is 23.7. The van der Waals surface area contributed by atoms with E-state index >= 15 is 0 Å². The van der Waals surface area contributed by atoms with Gasteiger partial charge in [0, 0.05) is 12.1 Å². The van der Waals surface area contributed by atoms with Crippen molar-refractivity contribution < 1.29 is 9.53 Å². The van der Waals surface area contributed by atoms with Crippen LogP contribution in [-0.2, 0) is 0 Å². The molecule has 1 saturated carbocycles. The molecule has 1 fully saturated rings. The van der Waals surface area contributed by atoms with Crippen molar-refractivity contribution in [3.63, 3.8) is 0 Å². The number of carbonyl (C=O) groups is 1. The van der Waals surface area contributed by atoms with Crippen LogP contribution in [0.1, 0.15) is 36.2 Å². The second-order valence-corrected chi connectivity index (χ2v) is 4.81. The number of nitrogens with zero attached hydrogens (tertiary/aromatic N) is 1. The molecule has 2 rings (SSSR count). The van der Waals surface area contributed by atoms with E-state index < -0.39 is 0 Å². The van der Waals surface area contributed by atoms with Crippen LogP contribution >= 0.6 is 0 Å². The van der Waals surface area contributed by atoms with Crippen molar-refractivity contribution in [2.75, 3.05) is 13.7 Å². The Morgan fingerprint density at radius 1 is 1.50 bits per heavy atom. The van der Waals surface area contributed by atoms with Gasteiger partial charge in [0.2, 0.25) is 0 Å². The van der Waals surface area contributed by atoms with E-state index in [1.807, 2.05) is 0 Å². The Morgan fingerprint density at radius 2 is 2.28 bits per heavy atom. The topological polar surface area (TPSA) is 65.2 Å². The van der Waals surface area contributed by atoms with Gasteiger partial charge in [0.1, 0.15) is 11.4 Å². The SMILES string of the molecule is COc1cccnc1C(=O)C1CCCCC1CN. The van der Waals surface area contributed by atoms with Crippen molar-refractivity contribution in [2.24, 2.45) is 17.6 Å². The molecule has 1 aromatic heterocycles. The smallest absolute Gasteiger partial charge is 0.188 e. The van der Waals surface area contributed by atoms with E-state index in [0.29, 0.717) is 18.0 Å². The average molecular weight is 248 g/mol. The first-order valence-corrected chi connectivity index (χ1v) is 6.51. The van der Waals surface area contributed by atoms with Crippen molar-refractivity contribution >= 4 is 5.78 Å². The molecular weight excluding hydrogens is 228 g/mol. The van der Waals surface area contributed by atoms with Gasteiger partial charge in [0.05, 0.1) is 7.11 Å². The van der Waals surface area contributed by atoms with Gasteiger partial charge in [0.25, 0.3) is 0 Å². The molecule has 0 amide bonds. The summed E-state index contributed by atoms with van der Waals surface area (Å²) >= 11 is 0. The molecule has 4 nitrogen and oxygen atoms in total. The summed E-state index contributed by atoms with van der Waals surface area (Å²) in [6.45, 7) is 0.575. The molecule has 1 aliphatic rings. The predicted molar refractivity (Wildman–Crippen MR) is 69.6 cm³/mol. The van der Waals surface area contributed by atoms with E-state index in [0.717, 1.165) is 19.3 Å². The molecule has 98 valence electrons. The molecule has 1 aromatic rings. The highest BCUT2D eigenvalue weighted by atomic mass is 16.5. The predicted octanol–water partition coefficient (Wildman–Crippen LogP) is 2.04. The van der Waals surface area contributed by atoms with Crippen LogP contribution in [0.4, 0.5) is 0 Å². The molecule has 0 radical (unpaired) electrons. The lowest BCUT2D eigenvalue weighted by Gasteiger charge is -2.29. The summed E-state index contributed by atoms with van der Waals surface area (Å²) in [7, 11) is 1.56. The molecule has 2 unspecified atom stereocenters. The zero-order valence-corrected chi connectivity index (χ0v) is 10.8. The van der Waals surface area contributed by atoms with Gasteiger partial charge in [-0.1, -0.05) is 12.8 Å². The summed E-state index contributed by atoms with van der Waals surface area (Å²) in [5, 5.41) is 0. The first-order valence-electron chi connectivity index (χ1n) is 6.51. The number of methoxy groups -OCH3 is 1. The fraction of sp³-hybridized carbons (Fsp3) is 0.571. The quantitative estimate of drug-likeness (QED) is 0.828. The van der Waals surface area contributed by atoms with E-state index in [9.17, 15) is 4.79 Å². The van der Waals surface area contributed by atoms with Crippen molar-refractivity contribution in [2.45, 2.75) is 25.7 Å². The number of pyridine rings is 1. The number of nitrogens with two attached hydrogens (primary N) is 1. The van der Waals surface area contributed by atoms with E-state index in [4.69, 9.17) is 10.5 Å². The lowest BCUT2D eigenvalue weighted by atomic mass is 9.76. The number of hydrogen-bond acceptors (Lipinski definition) is 4. The number of rotatable bonds is 4. The average Bonchev–Trinajstić information content (AvgIpc) is 2.46. The molecule has 0 aromatic carbocycles. The lowest BCUT2D eigenvalue weighted by molar-refractivity contribution is 0.0821. The van der Waals surface area contributed by atoms with E-state index in [-0.39, 0.29) is 17.6 Å². The Morgan fingerprint density at radius 3 is 3.00 bits per heavy atom. The fourth-order valence-electron chi connectivity index (χ4n) is 2.75. The maximum atomic E-state index is 12.6. The third-order valence-corrected chi connectivity index (χ3v) is 3.77. The number of hydrogen-bond donors (Lipinski definition) is 1. The third-order valence-electron chi connectivity index (χ3n) is 3.77. The van der Waals surface area contributed by atoms with Crippen molar-refractivity contribution in [1.29, 1.82) is 0 Å². The molecule has 0 bridgehead atoms. The van der Waals surface area contributed by atoms with Crippen LogP contribution in [0.25, 0.3) is 0 Å². The van der Waals surface area contributed by atoms with E-state index in [1.54, 1.807) is 25.4 Å². The van der Waals surface area contributed by atoms with Crippen LogP contribution in [0.5, 0.6) is 5.75 Å². The molecule has 0 saturated heterocycles. The number of Topliss-reactive ketones (excluding diaryl/α,β-unsaturated/α-hetero) is 1. The molecule has 0 spiro atoms. The molecule has 0 aliphatic heterocycles. The monoisotopic (exact) mass is 248 g/mol. The summed E-state index contributed by atoms with van der Waals surface area (Å²) in [4.78, 5) is 16.7. The summed E-state index contributed by atoms with van der Waals surface area (Å²) in [6, 6.07) is 3.55. The second kappa shape index (κ2) is 5.96. The summed E-state index contributed by atoms with van der Waals surface area (Å²) in [6.07, 6.45) is 5.87. The number of ketones is 1. The molecular formula is C14H20N2O2. The third kappa shape index (κ3) is 2.53. The minimum absolute atomic E-state index is 0.00699. The lowest BCUT2D eigenvalue weighted by Crippen LogP contribution is -2.32. The minimum Gasteiger partial charge on any atom is -0.494 e. The zero-order chi connectivity index (χ0) is 13.0. The fourth-order valence-corrected chi connectivity index (χ4v) is 2.75. The van der Waals surface area contributed by atoms with Gasteiger partial charge >= 0.3 is 0 Å². The Hall–Kier alpha value is -1.42. The highest BCUT2D eigenvalue weighted by molar-refractivity contribution is 5.98. The van der Waals surface area contributed by atoms with Gasteiger partial charge in [-0.2, -0.15) is 0 Å². The van der Waals surface area contributed by atoms with Crippen LogP contribution < -0.4 is 10.5 Å². The first-order chi connectivity index (χ1) is 8.77. The molecule has 4 heteroatoms. The van der Waals surface area contributed by atoms with E-state index in [2.05, 4.69) is 4.98 Å². The van der Waals surface area contributed by atoms with Crippen molar-refractivity contribution in [3.05, 3.63) is 24.0 Å². The standard InChI is InChI=1S/C14H20N2O2/c1-18-12-7-4-8-16-13(12)14(17)11-6-3-2-5-10(11)9-15/h4,7-8,10-11H,2-3,5-6,9,15H2,1H3. The molecule has 18 heavy (non-hydrogen) atoms. The van der Waals surface area contributed by atoms with Gasteiger partial charge in [0.15, 0.2) is 5.78 Å². The maximum Gasteiger partial charge on any atom is 0.188 e. The van der Waals surface area contributed by atoms with Crippen LogP contribution in [0.3, 0.4) is 0 Å². The summed E-state index contributed by atoms with van der Waals surface area (Å²) in [5.41, 5.74) is 6.23. The van der Waals surface area contributed by atoms with Gasteiger partial charge < -0.3 is 10.5 Å². The number of ether oxygens (including phenoxy) is 1. The van der Waals surface area contributed by atoms with Gasteiger partial charge in [-0.05, 0) is 37.4 Å². The van der Waals surface area contributed by atoms with Crippen molar-refractivity contribution in [3.8, 4) is 5.75 Å². The summed E-state index contributed by atoms with van der Waals surface area (Å²) in [5.74, 6) is 0.942. The molecule has 1 aliphatic carbocycles. The Labute approximate surface area is 108 Å². The second-order valence-electron chi connectivity index (χ2n) is 4.81. The van der Waals surface area contributed by atoms with Gasteiger partial charge in [-0.3, -0.25) is 4.79 Å². The number of aromatic nitrogens is 1. The largest absolute Gasteiger partial charge is 0.494 e. The van der Waals surface area contributed by atoms with Crippen LogP contribution in [-0.4, -0.2) is 24.4 Å². The minimum atomic E-state index is 0.00699. The Balaban J connectivity index is 2.24. The maximum absolute atomic E-state index is 12.6. The molecule has 1 heterocycles. The van der Waals surface area contributed by atoms with Gasteiger partial charge in [-0.15, -0.1) is 0 Å². The molecule has 2 N–H and O–H groups in total. The summed E-state index contributed by atoms with van der Waals surface area (Å²) < 4.78 is 5.21. The number of carbonyl (C=O) groups excluding carboxylic acids is 1. The zero-order valence-electron chi connectivity index (χ0n) is 10.8. The highest BCUT2D eigenvalue weighted by Gasteiger charge is 2.32. The highest BCUT2D eigenvalue weighted by Crippen LogP contribution is 2.33. The Bertz CT molecular complexity index is 420. The Kier molecular flexibility index (Phi) is 4.31. The van der Waals surface area contributed by atoms with Crippen LogP contribution in [0, 0.1) is 11.8 Å².